The molecule has 0 aliphatic rings. The molecule has 0 amide bonds. The molecule has 2 nitrogen and oxygen atoms in total. The van der Waals surface area contributed by atoms with Gasteiger partial charge in [0.1, 0.15) is 0 Å². The van der Waals surface area contributed by atoms with E-state index in [9.17, 15) is 0 Å². The largest absolute Gasteiger partial charge is 0.298 e. The smallest absolute Gasteiger partial charge is 0.0725 e. The summed E-state index contributed by atoms with van der Waals surface area (Å²) in [7, 11) is 0. The zero-order valence-electron chi connectivity index (χ0n) is 14.9. The maximum atomic E-state index is 6.23. The van der Waals surface area contributed by atoms with Crippen LogP contribution >= 0.6 is 11.6 Å². The Bertz CT molecular complexity index is 573. The average Bonchev–Trinajstić information content (AvgIpc) is 2.61. The molecule has 2 rings (SSSR count). The van der Waals surface area contributed by atoms with Gasteiger partial charge in [-0.15, -0.1) is 11.6 Å². The van der Waals surface area contributed by atoms with E-state index in [1.54, 1.807) is 0 Å². The van der Waals surface area contributed by atoms with Crippen molar-refractivity contribution in [3.8, 4) is 0 Å². The monoisotopic (exact) mass is 345 g/mol. The van der Waals surface area contributed by atoms with E-state index in [-0.39, 0.29) is 12.1 Å². The first-order valence-electron chi connectivity index (χ1n) is 8.69. The second-order valence-electron chi connectivity index (χ2n) is 6.53. The van der Waals surface area contributed by atoms with Gasteiger partial charge in [-0.3, -0.25) is 4.84 Å². The molecule has 0 aliphatic heterocycles. The molecule has 24 heavy (non-hydrogen) atoms. The summed E-state index contributed by atoms with van der Waals surface area (Å²) >= 11 is 6.16. The van der Waals surface area contributed by atoms with E-state index in [0.717, 1.165) is 6.42 Å². The number of rotatable bonds is 9. The summed E-state index contributed by atoms with van der Waals surface area (Å²) in [4.78, 5) is 6.23. The minimum atomic E-state index is 0.148. The van der Waals surface area contributed by atoms with E-state index in [1.807, 2.05) is 12.1 Å². The molecule has 130 valence electrons. The summed E-state index contributed by atoms with van der Waals surface area (Å²) < 4.78 is 0. The standard InChI is InChI=1S/C21H28ClNO/c1-17(2)21(20-12-8-5-9-13-20)23(18(3)16-22)24-15-14-19-10-6-4-7-11-19/h4-13,17-18,21H,14-16H2,1-3H3. The van der Waals surface area contributed by atoms with Gasteiger partial charge in [0, 0.05) is 11.9 Å². The number of halogens is 1. The van der Waals surface area contributed by atoms with Crippen LogP contribution in [0, 0.1) is 5.92 Å². The lowest BCUT2D eigenvalue weighted by Crippen LogP contribution is -2.40. The van der Waals surface area contributed by atoms with E-state index in [1.165, 1.54) is 11.1 Å². The molecule has 0 fully saturated rings. The lowest BCUT2D eigenvalue weighted by molar-refractivity contribution is -0.215. The maximum absolute atomic E-state index is 6.23. The van der Waals surface area contributed by atoms with Crippen LogP contribution in [0.15, 0.2) is 60.7 Å². The van der Waals surface area contributed by atoms with Gasteiger partial charge in [0.2, 0.25) is 0 Å². The molecule has 2 aromatic rings. The van der Waals surface area contributed by atoms with Crippen molar-refractivity contribution in [3.63, 3.8) is 0 Å². The topological polar surface area (TPSA) is 12.5 Å². The first-order valence-corrected chi connectivity index (χ1v) is 9.23. The van der Waals surface area contributed by atoms with Crippen molar-refractivity contribution in [2.75, 3.05) is 12.5 Å². The fraction of sp³-hybridized carbons (Fsp3) is 0.429. The molecule has 0 aliphatic carbocycles. The fourth-order valence-corrected chi connectivity index (χ4v) is 3.08. The van der Waals surface area contributed by atoms with Crippen LogP contribution in [0.3, 0.4) is 0 Å². The van der Waals surface area contributed by atoms with E-state index >= 15 is 0 Å². The summed E-state index contributed by atoms with van der Waals surface area (Å²) in [6.45, 7) is 7.23. The zero-order chi connectivity index (χ0) is 17.4. The van der Waals surface area contributed by atoms with Crippen LogP contribution in [-0.2, 0) is 11.3 Å². The van der Waals surface area contributed by atoms with Crippen LogP contribution in [-0.4, -0.2) is 23.6 Å². The fourth-order valence-electron chi connectivity index (χ4n) is 2.94. The SMILES string of the molecule is CC(C)C(c1ccccc1)N(OCCc1ccccc1)C(C)CCl. The van der Waals surface area contributed by atoms with Crippen LogP contribution in [0.2, 0.25) is 0 Å². The second-order valence-corrected chi connectivity index (χ2v) is 6.84. The molecule has 0 spiro atoms. The van der Waals surface area contributed by atoms with Crippen molar-refractivity contribution in [2.45, 2.75) is 39.3 Å². The first kappa shape index (κ1) is 19.0. The number of nitrogens with zero attached hydrogens (tertiary/aromatic N) is 1. The van der Waals surface area contributed by atoms with Crippen molar-refractivity contribution in [1.29, 1.82) is 0 Å². The Kier molecular flexibility index (Phi) is 7.77. The van der Waals surface area contributed by atoms with E-state index < -0.39 is 0 Å². The van der Waals surface area contributed by atoms with E-state index in [0.29, 0.717) is 18.4 Å². The molecule has 0 aromatic heterocycles. The zero-order valence-corrected chi connectivity index (χ0v) is 15.6. The summed E-state index contributed by atoms with van der Waals surface area (Å²) in [5, 5.41) is 2.09. The Morgan fingerprint density at radius 3 is 2.04 bits per heavy atom. The molecule has 2 unspecified atom stereocenters. The van der Waals surface area contributed by atoms with Gasteiger partial charge < -0.3 is 0 Å². The minimum absolute atomic E-state index is 0.148. The van der Waals surface area contributed by atoms with E-state index in [2.05, 4.69) is 74.4 Å². The number of hydrogen-bond donors (Lipinski definition) is 0. The number of hydrogen-bond acceptors (Lipinski definition) is 2. The molecule has 0 heterocycles. The summed E-state index contributed by atoms with van der Waals surface area (Å²) in [5.41, 5.74) is 2.56. The third-order valence-electron chi connectivity index (χ3n) is 4.18. The Labute approximate surface area is 151 Å². The Balaban J connectivity index is 2.10. The van der Waals surface area contributed by atoms with Gasteiger partial charge in [-0.1, -0.05) is 74.5 Å². The molecule has 2 aromatic carbocycles. The quantitative estimate of drug-likeness (QED) is 0.440. The number of benzene rings is 2. The van der Waals surface area contributed by atoms with Crippen LogP contribution in [0.1, 0.15) is 37.9 Å². The second kappa shape index (κ2) is 9.83. The molecular formula is C21H28ClNO. The Morgan fingerprint density at radius 2 is 1.50 bits per heavy atom. The molecule has 0 bridgehead atoms. The minimum Gasteiger partial charge on any atom is -0.298 e. The van der Waals surface area contributed by atoms with Crippen molar-refractivity contribution in [2.24, 2.45) is 5.92 Å². The van der Waals surface area contributed by atoms with Gasteiger partial charge in [-0.05, 0) is 30.4 Å². The normalized spacial score (nSPS) is 14.1. The van der Waals surface area contributed by atoms with Crippen LogP contribution in [0.25, 0.3) is 0 Å². The van der Waals surface area contributed by atoms with Gasteiger partial charge in [0.25, 0.3) is 0 Å². The Morgan fingerprint density at radius 1 is 0.917 bits per heavy atom. The van der Waals surface area contributed by atoms with Crippen molar-refractivity contribution in [3.05, 3.63) is 71.8 Å². The van der Waals surface area contributed by atoms with E-state index in [4.69, 9.17) is 16.4 Å². The Hall–Kier alpha value is -1.35. The number of hydroxylamine groups is 2. The molecule has 0 saturated heterocycles. The molecule has 0 radical (unpaired) electrons. The maximum Gasteiger partial charge on any atom is 0.0725 e. The first-order chi connectivity index (χ1) is 11.6. The highest BCUT2D eigenvalue weighted by Gasteiger charge is 2.28. The molecule has 2 atom stereocenters. The highest BCUT2D eigenvalue weighted by molar-refractivity contribution is 6.18. The van der Waals surface area contributed by atoms with Crippen molar-refractivity contribution in [1.82, 2.24) is 5.06 Å². The van der Waals surface area contributed by atoms with Gasteiger partial charge in [0.05, 0.1) is 12.6 Å². The van der Waals surface area contributed by atoms with Gasteiger partial charge in [-0.25, -0.2) is 0 Å². The predicted octanol–water partition coefficient (Wildman–Crippen LogP) is 5.49. The van der Waals surface area contributed by atoms with Crippen LogP contribution < -0.4 is 0 Å². The number of alkyl halides is 1. The van der Waals surface area contributed by atoms with Gasteiger partial charge in [0.15, 0.2) is 0 Å². The van der Waals surface area contributed by atoms with Crippen molar-refractivity contribution >= 4 is 11.6 Å². The third kappa shape index (κ3) is 5.34. The van der Waals surface area contributed by atoms with Crippen molar-refractivity contribution < 1.29 is 4.84 Å². The van der Waals surface area contributed by atoms with Crippen LogP contribution in [0.5, 0.6) is 0 Å². The molecule has 0 saturated carbocycles. The summed E-state index contributed by atoms with van der Waals surface area (Å²) in [6.07, 6.45) is 0.895. The van der Waals surface area contributed by atoms with Gasteiger partial charge in [-0.2, -0.15) is 5.06 Å². The van der Waals surface area contributed by atoms with Crippen LogP contribution in [0.4, 0.5) is 0 Å². The highest BCUT2D eigenvalue weighted by atomic mass is 35.5. The summed E-state index contributed by atoms with van der Waals surface area (Å²) in [5.74, 6) is 0.969. The van der Waals surface area contributed by atoms with Gasteiger partial charge >= 0.3 is 0 Å². The average molecular weight is 346 g/mol. The molecular weight excluding hydrogens is 318 g/mol. The predicted molar refractivity (Wildman–Crippen MR) is 102 cm³/mol. The highest BCUT2D eigenvalue weighted by Crippen LogP contribution is 2.31. The lowest BCUT2D eigenvalue weighted by Gasteiger charge is -2.37. The third-order valence-corrected chi connectivity index (χ3v) is 4.63. The summed E-state index contributed by atoms with van der Waals surface area (Å²) in [6, 6.07) is 21.3. The molecule has 3 heteroatoms. The lowest BCUT2D eigenvalue weighted by atomic mass is 9.95. The molecule has 0 N–H and O–H groups in total.